The summed E-state index contributed by atoms with van der Waals surface area (Å²) in [6.45, 7) is 5.86. The van der Waals surface area contributed by atoms with Crippen molar-refractivity contribution in [2.45, 2.75) is 32.9 Å². The minimum atomic E-state index is -0.464. The molecule has 15 heavy (non-hydrogen) atoms. The molecule has 0 spiro atoms. The molecule has 5 heteroatoms. The quantitative estimate of drug-likeness (QED) is 0.805. The van der Waals surface area contributed by atoms with Crippen molar-refractivity contribution in [1.29, 1.82) is 0 Å². The third-order valence-electron chi connectivity index (χ3n) is 1.58. The fraction of sp³-hybridized carbons (Fsp3) is 0.600. The van der Waals surface area contributed by atoms with Gasteiger partial charge in [0.15, 0.2) is 0 Å². The van der Waals surface area contributed by atoms with E-state index in [1.807, 2.05) is 40.1 Å². The van der Waals surface area contributed by atoms with Crippen LogP contribution in [0.15, 0.2) is 12.3 Å². The zero-order valence-corrected chi connectivity index (χ0v) is 9.57. The fourth-order valence-electron chi connectivity index (χ4n) is 1.03. The number of carbonyl (C=O) groups excluding carboxylic acids is 1. The van der Waals surface area contributed by atoms with Crippen molar-refractivity contribution in [1.82, 2.24) is 15.1 Å². The summed E-state index contributed by atoms with van der Waals surface area (Å²) >= 11 is 0. The zero-order valence-electron chi connectivity index (χ0n) is 9.57. The van der Waals surface area contributed by atoms with Crippen molar-refractivity contribution >= 4 is 6.09 Å². The van der Waals surface area contributed by atoms with Crippen LogP contribution >= 0.6 is 0 Å². The zero-order chi connectivity index (χ0) is 11.5. The summed E-state index contributed by atoms with van der Waals surface area (Å²) in [4.78, 5) is 11.3. The lowest BCUT2D eigenvalue weighted by Gasteiger charge is -2.19. The number of nitrogens with one attached hydrogen (secondary N) is 1. The molecule has 0 aromatic carbocycles. The van der Waals surface area contributed by atoms with Gasteiger partial charge in [0.2, 0.25) is 0 Å². The van der Waals surface area contributed by atoms with Crippen molar-refractivity contribution in [3.63, 3.8) is 0 Å². The Bertz CT molecular complexity index is 339. The van der Waals surface area contributed by atoms with Crippen LogP contribution in [0.25, 0.3) is 0 Å². The highest BCUT2D eigenvalue weighted by Crippen LogP contribution is 2.06. The van der Waals surface area contributed by atoms with Gasteiger partial charge in [-0.1, -0.05) is 0 Å². The van der Waals surface area contributed by atoms with E-state index in [9.17, 15) is 4.79 Å². The van der Waals surface area contributed by atoms with E-state index in [2.05, 4.69) is 10.4 Å². The predicted molar refractivity (Wildman–Crippen MR) is 56.3 cm³/mol. The SMILES string of the molecule is Cn1ccc(CNC(=O)OC(C)(C)C)n1. The molecule has 1 N–H and O–H groups in total. The van der Waals surface area contributed by atoms with E-state index in [0.29, 0.717) is 6.54 Å². The summed E-state index contributed by atoms with van der Waals surface area (Å²) in [7, 11) is 1.83. The maximum Gasteiger partial charge on any atom is 0.407 e. The van der Waals surface area contributed by atoms with E-state index in [0.717, 1.165) is 5.69 Å². The van der Waals surface area contributed by atoms with Crippen LogP contribution in [0.4, 0.5) is 4.79 Å². The van der Waals surface area contributed by atoms with E-state index < -0.39 is 11.7 Å². The highest BCUT2D eigenvalue weighted by Gasteiger charge is 2.15. The molecule has 0 aliphatic carbocycles. The molecule has 0 aliphatic rings. The van der Waals surface area contributed by atoms with Crippen molar-refractivity contribution in [2.75, 3.05) is 0 Å². The summed E-state index contributed by atoms with van der Waals surface area (Å²) < 4.78 is 6.77. The molecule has 1 rings (SSSR count). The molecular formula is C10H17N3O2. The Kier molecular flexibility index (Phi) is 3.34. The Labute approximate surface area is 89.4 Å². The predicted octanol–water partition coefficient (Wildman–Crippen LogP) is 1.44. The molecule has 1 aromatic heterocycles. The van der Waals surface area contributed by atoms with Gasteiger partial charge in [0.1, 0.15) is 5.60 Å². The Morgan fingerprint density at radius 2 is 2.27 bits per heavy atom. The summed E-state index contributed by atoms with van der Waals surface area (Å²) in [5, 5.41) is 6.76. The number of carbonyl (C=O) groups is 1. The molecule has 0 unspecified atom stereocenters. The van der Waals surface area contributed by atoms with E-state index in [1.165, 1.54) is 0 Å². The number of aromatic nitrogens is 2. The van der Waals surface area contributed by atoms with Gasteiger partial charge in [-0.15, -0.1) is 0 Å². The molecule has 0 aliphatic heterocycles. The summed E-state index contributed by atoms with van der Waals surface area (Å²) in [5.74, 6) is 0. The van der Waals surface area contributed by atoms with Crippen LogP contribution in [0, 0.1) is 0 Å². The molecule has 1 aromatic rings. The third kappa shape index (κ3) is 4.49. The largest absolute Gasteiger partial charge is 0.444 e. The van der Waals surface area contributed by atoms with Crippen LogP contribution in [-0.2, 0) is 18.3 Å². The van der Waals surface area contributed by atoms with Crippen molar-refractivity contribution < 1.29 is 9.53 Å². The van der Waals surface area contributed by atoms with Gasteiger partial charge in [0.05, 0.1) is 12.2 Å². The lowest BCUT2D eigenvalue weighted by Crippen LogP contribution is -2.32. The highest BCUT2D eigenvalue weighted by molar-refractivity contribution is 5.67. The number of rotatable bonds is 2. The van der Waals surface area contributed by atoms with Crippen molar-refractivity contribution in [3.8, 4) is 0 Å². The minimum absolute atomic E-state index is 0.385. The molecular weight excluding hydrogens is 194 g/mol. The van der Waals surface area contributed by atoms with E-state index in [4.69, 9.17) is 4.74 Å². The molecule has 1 heterocycles. The van der Waals surface area contributed by atoms with Gasteiger partial charge in [-0.3, -0.25) is 4.68 Å². The Morgan fingerprint density at radius 1 is 1.60 bits per heavy atom. The standard InChI is InChI=1S/C10H17N3O2/c1-10(2,3)15-9(14)11-7-8-5-6-13(4)12-8/h5-6H,7H2,1-4H3,(H,11,14). The van der Waals surface area contributed by atoms with Crippen LogP contribution in [-0.4, -0.2) is 21.5 Å². The highest BCUT2D eigenvalue weighted by atomic mass is 16.6. The molecule has 1 amide bonds. The molecule has 0 radical (unpaired) electrons. The van der Waals surface area contributed by atoms with Gasteiger partial charge in [0, 0.05) is 13.2 Å². The molecule has 0 saturated heterocycles. The number of aryl methyl sites for hydroxylation is 1. The lowest BCUT2D eigenvalue weighted by molar-refractivity contribution is 0.0523. The van der Waals surface area contributed by atoms with Gasteiger partial charge >= 0.3 is 6.09 Å². The first kappa shape index (κ1) is 11.6. The van der Waals surface area contributed by atoms with E-state index in [-0.39, 0.29) is 0 Å². The first-order valence-corrected chi connectivity index (χ1v) is 4.82. The molecule has 0 fully saturated rings. The second-order valence-corrected chi connectivity index (χ2v) is 4.34. The molecule has 84 valence electrons. The summed E-state index contributed by atoms with van der Waals surface area (Å²) in [5.41, 5.74) is 0.345. The van der Waals surface area contributed by atoms with Gasteiger partial charge in [-0.2, -0.15) is 5.10 Å². The van der Waals surface area contributed by atoms with Crippen molar-refractivity contribution in [3.05, 3.63) is 18.0 Å². The molecule has 0 bridgehead atoms. The van der Waals surface area contributed by atoms with Crippen LogP contribution < -0.4 is 5.32 Å². The number of nitrogens with zero attached hydrogens (tertiary/aromatic N) is 2. The Hall–Kier alpha value is -1.52. The van der Waals surface area contributed by atoms with Crippen LogP contribution in [0.3, 0.4) is 0 Å². The fourth-order valence-corrected chi connectivity index (χ4v) is 1.03. The Morgan fingerprint density at radius 3 is 2.73 bits per heavy atom. The third-order valence-corrected chi connectivity index (χ3v) is 1.58. The number of hydrogen-bond acceptors (Lipinski definition) is 3. The maximum atomic E-state index is 11.3. The van der Waals surface area contributed by atoms with Crippen LogP contribution in [0.2, 0.25) is 0 Å². The van der Waals surface area contributed by atoms with Crippen LogP contribution in [0.1, 0.15) is 26.5 Å². The van der Waals surface area contributed by atoms with Gasteiger partial charge < -0.3 is 10.1 Å². The first-order chi connectivity index (χ1) is 6.87. The molecule has 5 nitrogen and oxygen atoms in total. The topological polar surface area (TPSA) is 56.2 Å². The second kappa shape index (κ2) is 4.33. The first-order valence-electron chi connectivity index (χ1n) is 4.82. The summed E-state index contributed by atoms with van der Waals surface area (Å²) in [6.07, 6.45) is 1.40. The van der Waals surface area contributed by atoms with Crippen molar-refractivity contribution in [2.24, 2.45) is 7.05 Å². The van der Waals surface area contributed by atoms with E-state index >= 15 is 0 Å². The maximum absolute atomic E-state index is 11.3. The van der Waals surface area contributed by atoms with Gasteiger partial charge in [0.25, 0.3) is 0 Å². The van der Waals surface area contributed by atoms with Gasteiger partial charge in [-0.25, -0.2) is 4.79 Å². The van der Waals surface area contributed by atoms with Crippen LogP contribution in [0.5, 0.6) is 0 Å². The molecule has 0 atom stereocenters. The number of amides is 1. The smallest absolute Gasteiger partial charge is 0.407 e. The Balaban J connectivity index is 2.35. The van der Waals surface area contributed by atoms with E-state index in [1.54, 1.807) is 4.68 Å². The molecule has 0 saturated carbocycles. The average molecular weight is 211 g/mol. The number of ether oxygens (including phenoxy) is 1. The number of hydrogen-bond donors (Lipinski definition) is 1. The van der Waals surface area contributed by atoms with Gasteiger partial charge in [-0.05, 0) is 26.8 Å². The monoisotopic (exact) mass is 211 g/mol. The average Bonchev–Trinajstić information content (AvgIpc) is 2.45. The number of alkyl carbamates (subject to hydrolysis) is 1. The summed E-state index contributed by atoms with van der Waals surface area (Å²) in [6, 6.07) is 1.84. The second-order valence-electron chi connectivity index (χ2n) is 4.34. The normalized spacial score (nSPS) is 11.2. The lowest BCUT2D eigenvalue weighted by atomic mass is 10.2. The minimum Gasteiger partial charge on any atom is -0.444 e.